The molecule has 1 aromatic carbocycles. The van der Waals surface area contributed by atoms with Gasteiger partial charge in [-0.05, 0) is 67.4 Å². The number of hydrogen-bond acceptors (Lipinski definition) is 5. The SMILES string of the molecule is COC(=O)c1sccc1NC(=O)CN1CCC(Cc2cccc(F)c2)CC1. The van der Waals surface area contributed by atoms with Gasteiger partial charge < -0.3 is 10.1 Å². The quantitative estimate of drug-likeness (QED) is 0.766. The van der Waals surface area contributed by atoms with Crippen LogP contribution in [0.4, 0.5) is 10.1 Å². The van der Waals surface area contributed by atoms with Crippen LogP contribution in [0.15, 0.2) is 35.7 Å². The Morgan fingerprint density at radius 2 is 2.07 bits per heavy atom. The molecule has 1 aromatic heterocycles. The first-order chi connectivity index (χ1) is 13.0. The molecule has 0 atom stereocenters. The zero-order valence-electron chi connectivity index (χ0n) is 15.2. The second-order valence-corrected chi connectivity index (χ2v) is 7.67. The van der Waals surface area contributed by atoms with Crippen molar-refractivity contribution in [3.63, 3.8) is 0 Å². The van der Waals surface area contributed by atoms with E-state index >= 15 is 0 Å². The molecule has 1 aliphatic rings. The van der Waals surface area contributed by atoms with Gasteiger partial charge in [-0.25, -0.2) is 9.18 Å². The number of ether oxygens (including phenoxy) is 1. The average Bonchev–Trinajstić information content (AvgIpc) is 3.10. The molecule has 144 valence electrons. The Hall–Kier alpha value is -2.25. The predicted octanol–water partition coefficient (Wildman–Crippen LogP) is 3.57. The number of benzene rings is 1. The largest absolute Gasteiger partial charge is 0.465 e. The fourth-order valence-electron chi connectivity index (χ4n) is 3.40. The van der Waals surface area contributed by atoms with Gasteiger partial charge in [0.15, 0.2) is 0 Å². The first-order valence-corrected chi connectivity index (χ1v) is 9.85. The maximum absolute atomic E-state index is 13.3. The van der Waals surface area contributed by atoms with Crippen LogP contribution in [-0.2, 0) is 16.0 Å². The molecular formula is C20H23FN2O3S. The Balaban J connectivity index is 1.46. The highest BCUT2D eigenvalue weighted by atomic mass is 32.1. The van der Waals surface area contributed by atoms with E-state index in [4.69, 9.17) is 4.74 Å². The molecule has 0 spiro atoms. The van der Waals surface area contributed by atoms with Gasteiger partial charge in [0.1, 0.15) is 10.7 Å². The maximum atomic E-state index is 13.3. The van der Waals surface area contributed by atoms with Crippen LogP contribution in [0.3, 0.4) is 0 Å². The summed E-state index contributed by atoms with van der Waals surface area (Å²) in [5.74, 6) is -0.268. The first-order valence-electron chi connectivity index (χ1n) is 8.97. The summed E-state index contributed by atoms with van der Waals surface area (Å²) >= 11 is 1.24. The number of carbonyl (C=O) groups is 2. The van der Waals surface area contributed by atoms with Crippen molar-refractivity contribution in [2.45, 2.75) is 19.3 Å². The minimum absolute atomic E-state index is 0.137. The number of carbonyl (C=O) groups excluding carboxylic acids is 2. The summed E-state index contributed by atoms with van der Waals surface area (Å²) in [4.78, 5) is 26.5. The van der Waals surface area contributed by atoms with E-state index in [0.29, 0.717) is 23.0 Å². The van der Waals surface area contributed by atoms with Crippen LogP contribution in [0.25, 0.3) is 0 Å². The lowest BCUT2D eigenvalue weighted by atomic mass is 9.90. The summed E-state index contributed by atoms with van der Waals surface area (Å²) in [5, 5.41) is 4.55. The molecule has 27 heavy (non-hydrogen) atoms. The van der Waals surface area contributed by atoms with Crippen LogP contribution in [-0.4, -0.2) is 43.5 Å². The van der Waals surface area contributed by atoms with Gasteiger partial charge in [-0.1, -0.05) is 12.1 Å². The third-order valence-corrected chi connectivity index (χ3v) is 5.69. The zero-order chi connectivity index (χ0) is 19.2. The monoisotopic (exact) mass is 390 g/mol. The molecule has 5 nitrogen and oxygen atoms in total. The topological polar surface area (TPSA) is 58.6 Å². The second kappa shape index (κ2) is 9.10. The Morgan fingerprint density at radius 3 is 2.78 bits per heavy atom. The van der Waals surface area contributed by atoms with Gasteiger partial charge in [-0.2, -0.15) is 0 Å². The number of amides is 1. The number of likely N-dealkylation sites (tertiary alicyclic amines) is 1. The summed E-state index contributed by atoms with van der Waals surface area (Å²) < 4.78 is 18.0. The van der Waals surface area contributed by atoms with E-state index in [1.807, 2.05) is 6.07 Å². The fraction of sp³-hybridized carbons (Fsp3) is 0.400. The Morgan fingerprint density at radius 1 is 1.30 bits per heavy atom. The summed E-state index contributed by atoms with van der Waals surface area (Å²) in [6.07, 6.45) is 2.83. The smallest absolute Gasteiger partial charge is 0.350 e. The maximum Gasteiger partial charge on any atom is 0.350 e. The minimum Gasteiger partial charge on any atom is -0.465 e. The molecule has 2 aromatic rings. The van der Waals surface area contributed by atoms with Gasteiger partial charge in [0.25, 0.3) is 0 Å². The summed E-state index contributed by atoms with van der Waals surface area (Å²) in [6, 6.07) is 8.48. The highest BCUT2D eigenvalue weighted by molar-refractivity contribution is 7.12. The molecule has 1 N–H and O–H groups in total. The van der Waals surface area contributed by atoms with Gasteiger partial charge in [0.05, 0.1) is 19.3 Å². The molecule has 0 saturated carbocycles. The summed E-state index contributed by atoms with van der Waals surface area (Å²) in [6.45, 7) is 1.96. The third-order valence-electron chi connectivity index (χ3n) is 4.80. The molecule has 1 amide bonds. The lowest BCUT2D eigenvalue weighted by Gasteiger charge is -2.31. The van der Waals surface area contributed by atoms with Crippen molar-refractivity contribution in [3.05, 3.63) is 52.0 Å². The Bertz CT molecular complexity index is 800. The number of nitrogens with zero attached hydrogens (tertiary/aromatic N) is 1. The molecule has 1 saturated heterocycles. The molecule has 0 bridgehead atoms. The van der Waals surface area contributed by atoms with E-state index in [2.05, 4.69) is 10.2 Å². The van der Waals surface area contributed by atoms with E-state index in [0.717, 1.165) is 37.9 Å². The lowest BCUT2D eigenvalue weighted by Crippen LogP contribution is -2.39. The predicted molar refractivity (Wildman–Crippen MR) is 104 cm³/mol. The van der Waals surface area contributed by atoms with Gasteiger partial charge in [-0.3, -0.25) is 9.69 Å². The number of anilines is 1. The van der Waals surface area contributed by atoms with Crippen LogP contribution in [0.5, 0.6) is 0 Å². The van der Waals surface area contributed by atoms with E-state index in [9.17, 15) is 14.0 Å². The third kappa shape index (κ3) is 5.37. The van der Waals surface area contributed by atoms with Crippen LogP contribution < -0.4 is 5.32 Å². The molecule has 0 unspecified atom stereocenters. The standard InChI is InChI=1S/C20H23FN2O3S/c1-26-20(25)19-17(7-10-27-19)22-18(24)13-23-8-5-14(6-9-23)11-15-3-2-4-16(21)12-15/h2-4,7,10,12,14H,5-6,8-9,11,13H2,1H3,(H,22,24). The van der Waals surface area contributed by atoms with Gasteiger partial charge in [0, 0.05) is 0 Å². The summed E-state index contributed by atoms with van der Waals surface area (Å²) in [5.41, 5.74) is 1.52. The second-order valence-electron chi connectivity index (χ2n) is 6.76. The number of piperidine rings is 1. The molecule has 3 rings (SSSR count). The number of thiophene rings is 1. The van der Waals surface area contributed by atoms with E-state index in [1.54, 1.807) is 23.6 Å². The van der Waals surface area contributed by atoms with Crippen LogP contribution in [0.2, 0.25) is 0 Å². The van der Waals surface area contributed by atoms with Gasteiger partial charge >= 0.3 is 5.97 Å². The van der Waals surface area contributed by atoms with Crippen LogP contribution in [0, 0.1) is 11.7 Å². The summed E-state index contributed by atoms with van der Waals surface area (Å²) in [7, 11) is 1.32. The number of hydrogen-bond donors (Lipinski definition) is 1. The molecule has 1 fully saturated rings. The normalized spacial score (nSPS) is 15.5. The highest BCUT2D eigenvalue weighted by Gasteiger charge is 2.22. The van der Waals surface area contributed by atoms with Crippen molar-refractivity contribution in [3.8, 4) is 0 Å². The van der Waals surface area contributed by atoms with E-state index < -0.39 is 5.97 Å². The first kappa shape index (κ1) is 19.5. The van der Waals surface area contributed by atoms with Crippen molar-refractivity contribution in [2.75, 3.05) is 32.1 Å². The number of methoxy groups -OCH3 is 1. The van der Waals surface area contributed by atoms with Crippen molar-refractivity contribution < 1.29 is 18.7 Å². The Kier molecular flexibility index (Phi) is 6.58. The lowest BCUT2D eigenvalue weighted by molar-refractivity contribution is -0.117. The van der Waals surface area contributed by atoms with Crippen molar-refractivity contribution >= 4 is 28.9 Å². The molecular weight excluding hydrogens is 367 g/mol. The molecule has 0 aliphatic carbocycles. The number of halogens is 1. The van der Waals surface area contributed by atoms with Crippen molar-refractivity contribution in [1.82, 2.24) is 4.90 Å². The van der Waals surface area contributed by atoms with Gasteiger partial charge in [-0.15, -0.1) is 11.3 Å². The number of nitrogens with one attached hydrogen (secondary N) is 1. The highest BCUT2D eigenvalue weighted by Crippen LogP contribution is 2.24. The van der Waals surface area contributed by atoms with E-state index in [-0.39, 0.29) is 11.7 Å². The average molecular weight is 390 g/mol. The molecule has 1 aliphatic heterocycles. The zero-order valence-corrected chi connectivity index (χ0v) is 16.1. The molecule has 2 heterocycles. The number of esters is 1. The molecule has 7 heteroatoms. The minimum atomic E-state index is -0.446. The Labute approximate surface area is 162 Å². The van der Waals surface area contributed by atoms with Gasteiger partial charge in [0.2, 0.25) is 5.91 Å². The van der Waals surface area contributed by atoms with Crippen LogP contribution in [0.1, 0.15) is 28.1 Å². The van der Waals surface area contributed by atoms with Crippen molar-refractivity contribution in [1.29, 1.82) is 0 Å². The van der Waals surface area contributed by atoms with E-state index in [1.165, 1.54) is 24.5 Å². The van der Waals surface area contributed by atoms with Crippen molar-refractivity contribution in [2.24, 2.45) is 5.92 Å². The fourth-order valence-corrected chi connectivity index (χ4v) is 4.16. The molecule has 0 radical (unpaired) electrons. The number of rotatable bonds is 6. The van der Waals surface area contributed by atoms with Crippen LogP contribution >= 0.6 is 11.3 Å².